The lowest BCUT2D eigenvalue weighted by atomic mass is 9.80. The van der Waals surface area contributed by atoms with Crippen LogP contribution in [0.5, 0.6) is 0 Å². The van der Waals surface area contributed by atoms with Crippen molar-refractivity contribution in [3.63, 3.8) is 0 Å². The summed E-state index contributed by atoms with van der Waals surface area (Å²) in [6.45, 7) is 7.67. The molecule has 1 N–H and O–H groups in total. The molecule has 1 aromatic heterocycles. The molecule has 0 spiro atoms. The molecule has 0 aromatic carbocycles. The summed E-state index contributed by atoms with van der Waals surface area (Å²) >= 11 is 0. The fourth-order valence-corrected chi connectivity index (χ4v) is 2.42. The van der Waals surface area contributed by atoms with Gasteiger partial charge in [0.2, 0.25) is 5.95 Å². The summed E-state index contributed by atoms with van der Waals surface area (Å²) in [6, 6.07) is 0.561. The van der Waals surface area contributed by atoms with E-state index in [0.29, 0.717) is 6.04 Å². The number of hydrogen-bond donors (Lipinski definition) is 1. The molecular formula is C14H25N3. The van der Waals surface area contributed by atoms with Crippen LogP contribution in [0.2, 0.25) is 0 Å². The van der Waals surface area contributed by atoms with Gasteiger partial charge in [-0.25, -0.2) is 4.98 Å². The van der Waals surface area contributed by atoms with Crippen molar-refractivity contribution in [2.24, 2.45) is 5.92 Å². The number of anilines is 1. The van der Waals surface area contributed by atoms with Crippen molar-refractivity contribution < 1.29 is 0 Å². The van der Waals surface area contributed by atoms with Crippen LogP contribution in [0.3, 0.4) is 0 Å². The molecule has 1 aromatic rings. The molecule has 17 heavy (non-hydrogen) atoms. The molecule has 0 aliphatic heterocycles. The second-order valence-corrected chi connectivity index (χ2v) is 5.38. The molecule has 1 atom stereocenters. The molecular weight excluding hydrogens is 210 g/mol. The van der Waals surface area contributed by atoms with E-state index < -0.39 is 0 Å². The number of hydrogen-bond acceptors (Lipinski definition) is 2. The first-order valence-corrected chi connectivity index (χ1v) is 7.01. The minimum absolute atomic E-state index is 0.561. The highest BCUT2D eigenvalue weighted by molar-refractivity contribution is 5.30. The summed E-state index contributed by atoms with van der Waals surface area (Å²) in [5, 5.41) is 3.59. The zero-order valence-corrected chi connectivity index (χ0v) is 11.4. The quantitative estimate of drug-likeness (QED) is 0.816. The Kier molecular flexibility index (Phi) is 4.08. The summed E-state index contributed by atoms with van der Waals surface area (Å²) in [5.74, 6) is 1.92. The summed E-state index contributed by atoms with van der Waals surface area (Å²) in [5.41, 5.74) is 1.12. The molecule has 1 aliphatic carbocycles. The van der Waals surface area contributed by atoms with Crippen molar-refractivity contribution in [1.82, 2.24) is 9.55 Å². The smallest absolute Gasteiger partial charge is 0.203 e. The van der Waals surface area contributed by atoms with E-state index in [0.717, 1.165) is 24.1 Å². The van der Waals surface area contributed by atoms with E-state index in [-0.39, 0.29) is 0 Å². The minimum Gasteiger partial charge on any atom is -0.353 e. The molecule has 1 saturated carbocycles. The Balaban J connectivity index is 1.97. The van der Waals surface area contributed by atoms with E-state index in [9.17, 15) is 0 Å². The maximum atomic E-state index is 4.60. The number of aromatic nitrogens is 2. The first-order chi connectivity index (χ1) is 8.20. The summed E-state index contributed by atoms with van der Waals surface area (Å²) in [6.07, 6.45) is 8.77. The normalized spacial score (nSPS) is 17.8. The highest BCUT2D eigenvalue weighted by Crippen LogP contribution is 2.30. The maximum absolute atomic E-state index is 4.60. The average Bonchev–Trinajstić information content (AvgIpc) is 2.53. The lowest BCUT2D eigenvalue weighted by Crippen LogP contribution is -2.31. The van der Waals surface area contributed by atoms with Gasteiger partial charge in [-0.05, 0) is 39.0 Å². The summed E-state index contributed by atoms with van der Waals surface area (Å²) in [4.78, 5) is 4.60. The number of nitrogens with zero attached hydrogens (tertiary/aromatic N) is 2. The van der Waals surface area contributed by atoms with Gasteiger partial charge in [0.25, 0.3) is 0 Å². The third-order valence-corrected chi connectivity index (χ3v) is 3.86. The van der Waals surface area contributed by atoms with Crippen LogP contribution in [0.25, 0.3) is 0 Å². The van der Waals surface area contributed by atoms with Crippen LogP contribution in [0, 0.1) is 12.8 Å². The third kappa shape index (κ3) is 3.02. The van der Waals surface area contributed by atoms with Crippen LogP contribution in [0.15, 0.2) is 6.20 Å². The van der Waals surface area contributed by atoms with Gasteiger partial charge in [-0.2, -0.15) is 0 Å². The van der Waals surface area contributed by atoms with Crippen LogP contribution in [-0.4, -0.2) is 15.6 Å². The van der Waals surface area contributed by atoms with Gasteiger partial charge in [-0.1, -0.05) is 19.8 Å². The lowest BCUT2D eigenvalue weighted by Gasteiger charge is -2.32. The van der Waals surface area contributed by atoms with Crippen molar-refractivity contribution in [2.45, 2.75) is 65.5 Å². The molecule has 2 rings (SSSR count). The van der Waals surface area contributed by atoms with Gasteiger partial charge in [0.15, 0.2) is 0 Å². The van der Waals surface area contributed by atoms with E-state index in [2.05, 4.69) is 41.8 Å². The fraction of sp³-hybridized carbons (Fsp3) is 0.786. The Morgan fingerprint density at radius 3 is 2.88 bits per heavy atom. The number of nitrogens with one attached hydrogen (secondary N) is 1. The third-order valence-electron chi connectivity index (χ3n) is 3.86. The molecule has 96 valence electrons. The molecule has 1 aliphatic rings. The highest BCUT2D eigenvalue weighted by atomic mass is 15.2. The number of imidazole rings is 1. The minimum atomic E-state index is 0.561. The maximum Gasteiger partial charge on any atom is 0.203 e. The molecule has 1 unspecified atom stereocenters. The van der Waals surface area contributed by atoms with Crippen LogP contribution >= 0.6 is 0 Å². The average molecular weight is 235 g/mol. The number of rotatable bonds is 6. The van der Waals surface area contributed by atoms with Crippen LogP contribution < -0.4 is 5.32 Å². The molecule has 0 amide bonds. The molecule has 0 radical (unpaired) electrons. The van der Waals surface area contributed by atoms with Crippen LogP contribution in [0.1, 0.15) is 51.6 Å². The van der Waals surface area contributed by atoms with Crippen molar-refractivity contribution >= 4 is 5.95 Å². The van der Waals surface area contributed by atoms with Crippen molar-refractivity contribution in [3.05, 3.63) is 11.9 Å². The Morgan fingerprint density at radius 2 is 2.29 bits per heavy atom. The Labute approximate surface area is 105 Å². The van der Waals surface area contributed by atoms with Gasteiger partial charge in [0.05, 0.1) is 5.69 Å². The van der Waals surface area contributed by atoms with Gasteiger partial charge < -0.3 is 9.88 Å². The predicted molar refractivity (Wildman–Crippen MR) is 72.3 cm³/mol. The summed E-state index contributed by atoms with van der Waals surface area (Å²) < 4.78 is 2.27. The lowest BCUT2D eigenvalue weighted by molar-refractivity contribution is 0.284. The number of aryl methyl sites for hydroxylation is 2. The monoisotopic (exact) mass is 235 g/mol. The molecule has 0 bridgehead atoms. The Bertz CT molecular complexity index is 352. The first kappa shape index (κ1) is 12.5. The molecule has 0 saturated heterocycles. The van der Waals surface area contributed by atoms with Gasteiger partial charge in [0.1, 0.15) is 0 Å². The van der Waals surface area contributed by atoms with Crippen molar-refractivity contribution in [3.8, 4) is 0 Å². The van der Waals surface area contributed by atoms with Crippen LogP contribution in [0.4, 0.5) is 5.95 Å². The zero-order chi connectivity index (χ0) is 12.3. The van der Waals surface area contributed by atoms with Gasteiger partial charge in [-0.15, -0.1) is 0 Å². The second-order valence-electron chi connectivity index (χ2n) is 5.38. The first-order valence-electron chi connectivity index (χ1n) is 7.01. The SMILES string of the molecule is CCCCn1cc(C)nc1NC(C)C1CCC1. The van der Waals surface area contributed by atoms with E-state index in [1.807, 2.05) is 0 Å². The van der Waals surface area contributed by atoms with Gasteiger partial charge >= 0.3 is 0 Å². The van der Waals surface area contributed by atoms with Crippen molar-refractivity contribution in [2.75, 3.05) is 5.32 Å². The second kappa shape index (κ2) is 5.56. The number of unbranched alkanes of at least 4 members (excludes halogenated alkanes) is 1. The standard InChI is InChI=1S/C14H25N3/c1-4-5-9-17-10-11(2)15-14(17)16-12(3)13-7-6-8-13/h10,12-13H,4-9H2,1-3H3,(H,15,16). The molecule has 1 fully saturated rings. The molecule has 3 nitrogen and oxygen atoms in total. The van der Waals surface area contributed by atoms with E-state index >= 15 is 0 Å². The van der Waals surface area contributed by atoms with Gasteiger partial charge in [0, 0.05) is 18.8 Å². The van der Waals surface area contributed by atoms with E-state index in [1.165, 1.54) is 32.1 Å². The largest absolute Gasteiger partial charge is 0.353 e. The van der Waals surface area contributed by atoms with Crippen LogP contribution in [-0.2, 0) is 6.54 Å². The Morgan fingerprint density at radius 1 is 1.53 bits per heavy atom. The van der Waals surface area contributed by atoms with E-state index in [4.69, 9.17) is 0 Å². The molecule has 3 heteroatoms. The van der Waals surface area contributed by atoms with Crippen molar-refractivity contribution in [1.29, 1.82) is 0 Å². The zero-order valence-electron chi connectivity index (χ0n) is 11.4. The Hall–Kier alpha value is -0.990. The van der Waals surface area contributed by atoms with E-state index in [1.54, 1.807) is 0 Å². The summed E-state index contributed by atoms with van der Waals surface area (Å²) in [7, 11) is 0. The highest BCUT2D eigenvalue weighted by Gasteiger charge is 2.24. The van der Waals surface area contributed by atoms with Gasteiger partial charge in [-0.3, -0.25) is 0 Å². The predicted octanol–water partition coefficient (Wildman–Crippen LogP) is 3.59. The fourth-order valence-electron chi connectivity index (χ4n) is 2.42. The topological polar surface area (TPSA) is 29.9 Å². The molecule has 1 heterocycles.